The maximum Gasteiger partial charge on any atom is 0.185 e. The first kappa shape index (κ1) is 9.65. The van der Waals surface area contributed by atoms with E-state index in [4.69, 9.17) is 0 Å². The summed E-state index contributed by atoms with van der Waals surface area (Å²) in [5.74, 6) is -0.373. The quantitative estimate of drug-likeness (QED) is 0.502. The Morgan fingerprint density at radius 1 is 1.46 bits per heavy atom. The molecule has 0 saturated heterocycles. The van der Waals surface area contributed by atoms with E-state index in [1.807, 2.05) is 0 Å². The second-order valence-electron chi connectivity index (χ2n) is 2.83. The molecule has 0 unspecified atom stereocenters. The zero-order valence-corrected chi connectivity index (χ0v) is 7.67. The first-order valence-electron chi connectivity index (χ1n) is 4.08. The number of carbonyl (C=O) groups excluding carboxylic acids is 1. The molecule has 0 N–H and O–H groups in total. The van der Waals surface area contributed by atoms with Gasteiger partial charge in [-0.15, -0.1) is 0 Å². The summed E-state index contributed by atoms with van der Waals surface area (Å²) in [6.07, 6.45) is 3.13. The zero-order valence-electron chi connectivity index (χ0n) is 7.67. The highest BCUT2D eigenvalue weighted by molar-refractivity contribution is 6.04. The van der Waals surface area contributed by atoms with Gasteiger partial charge in [-0.25, -0.2) is 4.39 Å². The maximum absolute atomic E-state index is 12.8. The van der Waals surface area contributed by atoms with Crippen LogP contribution in [0, 0.1) is 12.7 Å². The lowest BCUT2D eigenvalue weighted by Crippen LogP contribution is -1.95. The molecule has 68 valence electrons. The fourth-order valence-corrected chi connectivity index (χ4v) is 1.05. The number of rotatable bonds is 2. The molecule has 0 fully saturated rings. The second kappa shape index (κ2) is 3.99. The van der Waals surface area contributed by atoms with Crippen LogP contribution in [0.3, 0.4) is 0 Å². The first-order chi connectivity index (χ1) is 6.15. The predicted molar refractivity (Wildman–Crippen MR) is 50.3 cm³/mol. The van der Waals surface area contributed by atoms with E-state index in [1.54, 1.807) is 26.0 Å². The number of hydrogen-bond donors (Lipinski definition) is 0. The third-order valence-electron chi connectivity index (χ3n) is 1.76. The van der Waals surface area contributed by atoms with Gasteiger partial charge in [0.2, 0.25) is 0 Å². The van der Waals surface area contributed by atoms with Gasteiger partial charge in [0, 0.05) is 5.56 Å². The van der Waals surface area contributed by atoms with Gasteiger partial charge in [-0.05, 0) is 43.7 Å². The van der Waals surface area contributed by atoms with Crippen molar-refractivity contribution >= 4 is 5.78 Å². The van der Waals surface area contributed by atoms with Crippen molar-refractivity contribution in [3.63, 3.8) is 0 Å². The molecule has 13 heavy (non-hydrogen) atoms. The molecule has 0 aliphatic carbocycles. The monoisotopic (exact) mass is 178 g/mol. The zero-order chi connectivity index (χ0) is 9.84. The van der Waals surface area contributed by atoms with Gasteiger partial charge < -0.3 is 0 Å². The minimum absolute atomic E-state index is 0.0920. The molecule has 2 heteroatoms. The minimum Gasteiger partial charge on any atom is -0.289 e. The van der Waals surface area contributed by atoms with Gasteiger partial charge in [0.25, 0.3) is 0 Å². The summed E-state index contributed by atoms with van der Waals surface area (Å²) in [6, 6.07) is 4.36. The molecule has 0 heterocycles. The van der Waals surface area contributed by atoms with E-state index in [1.165, 1.54) is 18.2 Å². The van der Waals surface area contributed by atoms with Crippen LogP contribution in [0.1, 0.15) is 22.8 Å². The average molecular weight is 178 g/mol. The van der Waals surface area contributed by atoms with Crippen LogP contribution in [-0.2, 0) is 0 Å². The van der Waals surface area contributed by atoms with Crippen LogP contribution < -0.4 is 0 Å². The summed E-state index contributed by atoms with van der Waals surface area (Å²) < 4.78 is 12.8. The molecule has 0 spiro atoms. The summed E-state index contributed by atoms with van der Waals surface area (Å²) in [6.45, 7) is 3.41. The molecule has 0 saturated carbocycles. The van der Waals surface area contributed by atoms with E-state index in [9.17, 15) is 9.18 Å². The number of halogens is 1. The van der Waals surface area contributed by atoms with E-state index in [2.05, 4.69) is 0 Å². The summed E-state index contributed by atoms with van der Waals surface area (Å²) in [5, 5.41) is 0. The third kappa shape index (κ3) is 2.25. The molecule has 0 aliphatic heterocycles. The number of benzene rings is 1. The topological polar surface area (TPSA) is 17.1 Å². The molecule has 0 amide bonds. The van der Waals surface area contributed by atoms with E-state index in [0.717, 1.165) is 0 Å². The smallest absolute Gasteiger partial charge is 0.185 e. The SMILES string of the molecule is CC=CC(=O)c1ccc(F)c(C)c1. The lowest BCUT2D eigenvalue weighted by atomic mass is 10.1. The Morgan fingerprint density at radius 2 is 2.15 bits per heavy atom. The summed E-state index contributed by atoms with van der Waals surface area (Å²) in [5.41, 5.74) is 1.02. The molecule has 1 rings (SSSR count). The van der Waals surface area contributed by atoms with Crippen molar-refractivity contribution in [3.05, 3.63) is 47.3 Å². The van der Waals surface area contributed by atoms with Gasteiger partial charge in [0.15, 0.2) is 5.78 Å². The minimum atomic E-state index is -0.281. The van der Waals surface area contributed by atoms with Gasteiger partial charge in [-0.1, -0.05) is 6.08 Å². The van der Waals surface area contributed by atoms with Crippen molar-refractivity contribution in [1.29, 1.82) is 0 Å². The van der Waals surface area contributed by atoms with E-state index in [0.29, 0.717) is 11.1 Å². The van der Waals surface area contributed by atoms with E-state index < -0.39 is 0 Å². The van der Waals surface area contributed by atoms with E-state index >= 15 is 0 Å². The van der Waals surface area contributed by atoms with Crippen LogP contribution in [-0.4, -0.2) is 5.78 Å². The van der Waals surface area contributed by atoms with Gasteiger partial charge in [-0.2, -0.15) is 0 Å². The highest BCUT2D eigenvalue weighted by Gasteiger charge is 2.03. The molecule has 0 bridgehead atoms. The van der Waals surface area contributed by atoms with Gasteiger partial charge in [0.05, 0.1) is 0 Å². The Hall–Kier alpha value is -1.44. The van der Waals surface area contributed by atoms with Crippen LogP contribution in [0.15, 0.2) is 30.4 Å². The van der Waals surface area contributed by atoms with Gasteiger partial charge in [-0.3, -0.25) is 4.79 Å². The van der Waals surface area contributed by atoms with Gasteiger partial charge in [0.1, 0.15) is 5.82 Å². The Labute approximate surface area is 76.9 Å². The Kier molecular flexibility index (Phi) is 2.96. The molecule has 0 radical (unpaired) electrons. The van der Waals surface area contributed by atoms with Crippen molar-refractivity contribution in [2.45, 2.75) is 13.8 Å². The van der Waals surface area contributed by atoms with Crippen LogP contribution in [0.25, 0.3) is 0 Å². The maximum atomic E-state index is 12.8. The number of hydrogen-bond acceptors (Lipinski definition) is 1. The van der Waals surface area contributed by atoms with Crippen LogP contribution in [0.2, 0.25) is 0 Å². The molecule has 0 aromatic heterocycles. The average Bonchev–Trinajstić information content (AvgIpc) is 2.10. The lowest BCUT2D eigenvalue weighted by Gasteiger charge is -1.98. The van der Waals surface area contributed by atoms with Crippen molar-refractivity contribution in [1.82, 2.24) is 0 Å². The highest BCUT2D eigenvalue weighted by Crippen LogP contribution is 2.10. The van der Waals surface area contributed by atoms with Crippen LogP contribution in [0.5, 0.6) is 0 Å². The summed E-state index contributed by atoms with van der Waals surface area (Å²) in [7, 11) is 0. The Balaban J connectivity index is 3.04. The van der Waals surface area contributed by atoms with E-state index in [-0.39, 0.29) is 11.6 Å². The van der Waals surface area contributed by atoms with Crippen LogP contribution in [0.4, 0.5) is 4.39 Å². The summed E-state index contributed by atoms with van der Waals surface area (Å²) in [4.78, 5) is 11.3. The fourth-order valence-electron chi connectivity index (χ4n) is 1.05. The molecule has 0 aliphatic rings. The summed E-state index contributed by atoms with van der Waals surface area (Å²) >= 11 is 0. The standard InChI is InChI=1S/C11H11FO/c1-3-4-11(13)9-5-6-10(12)8(2)7-9/h3-7H,1-2H3. The molecule has 0 atom stereocenters. The molecule has 1 aromatic carbocycles. The lowest BCUT2D eigenvalue weighted by molar-refractivity contribution is 0.104. The molecule has 1 aromatic rings. The number of ketones is 1. The Morgan fingerprint density at radius 3 is 2.69 bits per heavy atom. The Bertz CT molecular complexity index is 353. The van der Waals surface area contributed by atoms with Crippen LogP contribution >= 0.6 is 0 Å². The molecule has 1 nitrogen and oxygen atoms in total. The van der Waals surface area contributed by atoms with Gasteiger partial charge >= 0.3 is 0 Å². The fraction of sp³-hybridized carbons (Fsp3) is 0.182. The second-order valence-corrected chi connectivity index (χ2v) is 2.83. The van der Waals surface area contributed by atoms with Crippen molar-refractivity contribution in [3.8, 4) is 0 Å². The highest BCUT2D eigenvalue weighted by atomic mass is 19.1. The molecular formula is C11H11FO. The molecular weight excluding hydrogens is 167 g/mol. The largest absolute Gasteiger partial charge is 0.289 e. The first-order valence-corrected chi connectivity index (χ1v) is 4.08. The number of aryl methyl sites for hydroxylation is 1. The third-order valence-corrected chi connectivity index (χ3v) is 1.76. The van der Waals surface area contributed by atoms with Crippen molar-refractivity contribution in [2.24, 2.45) is 0 Å². The predicted octanol–water partition coefficient (Wildman–Crippen LogP) is 2.89. The normalized spacial score (nSPS) is 10.7. The number of carbonyl (C=O) groups is 1. The van der Waals surface area contributed by atoms with Crippen molar-refractivity contribution < 1.29 is 9.18 Å². The van der Waals surface area contributed by atoms with Crippen molar-refractivity contribution in [2.75, 3.05) is 0 Å². The number of allylic oxidation sites excluding steroid dienone is 2.